The number of carbonyl (C=O) groups is 3. The van der Waals surface area contributed by atoms with Crippen LogP contribution in [0.3, 0.4) is 0 Å². The van der Waals surface area contributed by atoms with E-state index < -0.39 is 0 Å². The molecule has 3 heterocycles. The van der Waals surface area contributed by atoms with Gasteiger partial charge in [0, 0.05) is 31.5 Å². The Bertz CT molecular complexity index is 825. The van der Waals surface area contributed by atoms with Crippen molar-refractivity contribution in [3.05, 3.63) is 23.8 Å². The molecule has 7 nitrogen and oxygen atoms in total. The molecular formula is C16H15N3O4S. The van der Waals surface area contributed by atoms with Gasteiger partial charge in [0.05, 0.1) is 23.4 Å². The lowest BCUT2D eigenvalue weighted by Crippen LogP contribution is -2.40. The number of thiazole rings is 1. The van der Waals surface area contributed by atoms with Crippen LogP contribution in [0.25, 0.3) is 10.2 Å². The summed E-state index contributed by atoms with van der Waals surface area (Å²) >= 11 is 1.26. The molecule has 2 aliphatic rings. The van der Waals surface area contributed by atoms with Crippen molar-refractivity contribution in [1.29, 1.82) is 0 Å². The number of nitrogens with zero attached hydrogens (tertiary/aromatic N) is 3. The van der Waals surface area contributed by atoms with Crippen LogP contribution >= 0.6 is 11.3 Å². The maximum Gasteiger partial charge on any atom is 0.254 e. The Labute approximate surface area is 141 Å². The molecule has 0 spiro atoms. The third-order valence-corrected chi connectivity index (χ3v) is 5.17. The number of anilines is 1. The van der Waals surface area contributed by atoms with Crippen molar-refractivity contribution in [3.63, 3.8) is 0 Å². The maximum absolute atomic E-state index is 12.5. The fourth-order valence-corrected chi connectivity index (χ4v) is 3.92. The molecule has 1 aromatic heterocycles. The first-order chi connectivity index (χ1) is 11.6. The van der Waals surface area contributed by atoms with Gasteiger partial charge in [-0.2, -0.15) is 0 Å². The van der Waals surface area contributed by atoms with Crippen molar-refractivity contribution in [3.8, 4) is 0 Å². The Morgan fingerprint density at radius 2 is 1.83 bits per heavy atom. The zero-order valence-corrected chi connectivity index (χ0v) is 13.7. The second kappa shape index (κ2) is 5.95. The summed E-state index contributed by atoms with van der Waals surface area (Å²) in [5, 5.41) is 0.383. The van der Waals surface area contributed by atoms with Crippen LogP contribution in [0.4, 0.5) is 5.13 Å². The second-order valence-corrected chi connectivity index (χ2v) is 6.72. The second-order valence-electron chi connectivity index (χ2n) is 5.71. The van der Waals surface area contributed by atoms with Crippen LogP contribution < -0.4 is 4.90 Å². The first kappa shape index (κ1) is 15.2. The number of ether oxygens (including phenoxy) is 1. The fraction of sp³-hybridized carbons (Fsp3) is 0.375. The lowest BCUT2D eigenvalue weighted by molar-refractivity contribution is -0.121. The smallest absolute Gasteiger partial charge is 0.254 e. The quantitative estimate of drug-likeness (QED) is 0.769. The summed E-state index contributed by atoms with van der Waals surface area (Å²) < 4.78 is 6.05. The monoisotopic (exact) mass is 345 g/mol. The number of imide groups is 1. The molecule has 0 saturated carbocycles. The van der Waals surface area contributed by atoms with E-state index in [0.29, 0.717) is 42.5 Å². The Hall–Kier alpha value is -2.32. The third kappa shape index (κ3) is 2.57. The Morgan fingerprint density at radius 1 is 1.12 bits per heavy atom. The number of carbonyl (C=O) groups excluding carboxylic acids is 3. The molecule has 1 aromatic carbocycles. The molecule has 0 radical (unpaired) electrons. The van der Waals surface area contributed by atoms with Gasteiger partial charge in [-0.05, 0) is 18.2 Å². The molecule has 0 atom stereocenters. The maximum atomic E-state index is 12.5. The van der Waals surface area contributed by atoms with E-state index in [2.05, 4.69) is 4.98 Å². The van der Waals surface area contributed by atoms with E-state index in [1.807, 2.05) is 0 Å². The molecule has 124 valence electrons. The van der Waals surface area contributed by atoms with Gasteiger partial charge in [-0.3, -0.25) is 14.4 Å². The zero-order valence-electron chi connectivity index (χ0n) is 12.9. The summed E-state index contributed by atoms with van der Waals surface area (Å²) in [5.41, 5.74) is 1.26. The highest BCUT2D eigenvalue weighted by Gasteiger charge is 2.32. The minimum absolute atomic E-state index is 0.0384. The van der Waals surface area contributed by atoms with Crippen molar-refractivity contribution in [2.75, 3.05) is 31.2 Å². The van der Waals surface area contributed by atoms with Gasteiger partial charge in [-0.15, -0.1) is 0 Å². The van der Waals surface area contributed by atoms with E-state index in [0.717, 1.165) is 9.60 Å². The summed E-state index contributed by atoms with van der Waals surface area (Å²) in [7, 11) is 0. The number of aromatic nitrogens is 1. The Balaban J connectivity index is 1.65. The Morgan fingerprint density at radius 3 is 2.54 bits per heavy atom. The number of rotatable bonds is 2. The molecule has 0 aliphatic carbocycles. The van der Waals surface area contributed by atoms with Crippen molar-refractivity contribution >= 4 is 44.4 Å². The average Bonchev–Trinajstić information content (AvgIpc) is 3.16. The highest BCUT2D eigenvalue weighted by molar-refractivity contribution is 7.22. The third-order valence-electron chi connectivity index (χ3n) is 4.17. The van der Waals surface area contributed by atoms with Crippen LogP contribution in [-0.2, 0) is 14.3 Å². The van der Waals surface area contributed by atoms with Crippen LogP contribution in [0, 0.1) is 0 Å². The van der Waals surface area contributed by atoms with E-state index in [4.69, 9.17) is 4.74 Å². The number of morpholine rings is 1. The molecular weight excluding hydrogens is 330 g/mol. The molecule has 2 saturated heterocycles. The van der Waals surface area contributed by atoms with Gasteiger partial charge in [0.1, 0.15) is 0 Å². The molecule has 2 fully saturated rings. The molecule has 2 aromatic rings. The number of amides is 3. The number of hydrogen-bond donors (Lipinski definition) is 0. The first-order valence-corrected chi connectivity index (χ1v) is 8.58. The van der Waals surface area contributed by atoms with Gasteiger partial charge in [0.25, 0.3) is 5.91 Å². The SMILES string of the molecule is O=C(c1ccc2nc(N3C(=O)CCC3=O)sc2c1)N1CCOCC1. The van der Waals surface area contributed by atoms with Gasteiger partial charge in [-0.1, -0.05) is 11.3 Å². The zero-order chi connectivity index (χ0) is 16.7. The van der Waals surface area contributed by atoms with E-state index in [1.54, 1.807) is 23.1 Å². The van der Waals surface area contributed by atoms with Crippen LogP contribution in [0.2, 0.25) is 0 Å². The van der Waals surface area contributed by atoms with Crippen molar-refractivity contribution in [1.82, 2.24) is 9.88 Å². The largest absolute Gasteiger partial charge is 0.378 e. The summed E-state index contributed by atoms with van der Waals surface area (Å²) in [6, 6.07) is 5.27. The normalized spacial score (nSPS) is 18.7. The highest BCUT2D eigenvalue weighted by Crippen LogP contribution is 2.32. The lowest BCUT2D eigenvalue weighted by Gasteiger charge is -2.26. The number of fused-ring (bicyclic) bond motifs is 1. The topological polar surface area (TPSA) is 79.8 Å². The first-order valence-electron chi connectivity index (χ1n) is 7.77. The van der Waals surface area contributed by atoms with Crippen LogP contribution in [0.5, 0.6) is 0 Å². The number of benzene rings is 1. The minimum Gasteiger partial charge on any atom is -0.378 e. The van der Waals surface area contributed by atoms with Crippen LogP contribution in [-0.4, -0.2) is 53.9 Å². The van der Waals surface area contributed by atoms with Gasteiger partial charge in [-0.25, -0.2) is 9.88 Å². The Kier molecular flexibility index (Phi) is 3.78. The van der Waals surface area contributed by atoms with Crippen LogP contribution in [0.1, 0.15) is 23.2 Å². The average molecular weight is 345 g/mol. The van der Waals surface area contributed by atoms with Gasteiger partial charge in [0.2, 0.25) is 11.8 Å². The van der Waals surface area contributed by atoms with Gasteiger partial charge in [0.15, 0.2) is 5.13 Å². The molecule has 0 unspecified atom stereocenters. The molecule has 4 rings (SSSR count). The summed E-state index contributed by atoms with van der Waals surface area (Å²) in [4.78, 5) is 43.5. The van der Waals surface area contributed by atoms with Gasteiger partial charge < -0.3 is 9.64 Å². The summed E-state index contributed by atoms with van der Waals surface area (Å²) in [5.74, 6) is -0.476. The van der Waals surface area contributed by atoms with Gasteiger partial charge >= 0.3 is 0 Å². The molecule has 2 aliphatic heterocycles. The molecule has 24 heavy (non-hydrogen) atoms. The fourth-order valence-electron chi connectivity index (χ4n) is 2.88. The van der Waals surface area contributed by atoms with E-state index >= 15 is 0 Å². The minimum atomic E-state index is -0.219. The van der Waals surface area contributed by atoms with Crippen LogP contribution in [0.15, 0.2) is 18.2 Å². The molecule has 3 amide bonds. The van der Waals surface area contributed by atoms with E-state index in [1.165, 1.54) is 11.3 Å². The van der Waals surface area contributed by atoms with E-state index in [-0.39, 0.29) is 30.6 Å². The summed E-state index contributed by atoms with van der Waals surface area (Å²) in [6.45, 7) is 2.28. The van der Waals surface area contributed by atoms with Crippen molar-refractivity contribution < 1.29 is 19.1 Å². The number of hydrogen-bond acceptors (Lipinski definition) is 6. The lowest BCUT2D eigenvalue weighted by atomic mass is 10.2. The molecule has 8 heteroatoms. The summed E-state index contributed by atoms with van der Waals surface area (Å²) in [6.07, 6.45) is 0.463. The predicted molar refractivity (Wildman–Crippen MR) is 88.1 cm³/mol. The van der Waals surface area contributed by atoms with Crippen molar-refractivity contribution in [2.24, 2.45) is 0 Å². The van der Waals surface area contributed by atoms with Crippen molar-refractivity contribution in [2.45, 2.75) is 12.8 Å². The van der Waals surface area contributed by atoms with E-state index in [9.17, 15) is 14.4 Å². The highest BCUT2D eigenvalue weighted by atomic mass is 32.1. The standard InChI is InChI=1S/C16H15N3O4S/c20-13-3-4-14(21)19(13)16-17-11-2-1-10(9-12(11)24-16)15(22)18-5-7-23-8-6-18/h1-2,9H,3-8H2. The molecule has 0 bridgehead atoms. The predicted octanol–water partition coefficient (Wildman–Crippen LogP) is 1.42. The molecule has 0 N–H and O–H groups in total.